The Morgan fingerprint density at radius 1 is 0.759 bits per heavy atom. The van der Waals surface area contributed by atoms with Crippen LogP contribution in [0.5, 0.6) is 0 Å². The Balaban J connectivity index is 2.10. The molecule has 0 N–H and O–H groups in total. The van der Waals surface area contributed by atoms with Crippen molar-refractivity contribution < 1.29 is 0 Å². The zero-order chi connectivity index (χ0) is 20.8. The maximum atomic E-state index is 2.60. The van der Waals surface area contributed by atoms with Crippen molar-refractivity contribution in [3.63, 3.8) is 0 Å². The summed E-state index contributed by atoms with van der Waals surface area (Å²) in [5, 5.41) is 5.58. The van der Waals surface area contributed by atoms with Gasteiger partial charge in [-0.25, -0.2) is 0 Å². The molecule has 4 aromatic rings. The highest BCUT2D eigenvalue weighted by atomic mass is 15.0. The molecular weight excluding hydrogens is 350 g/mol. The van der Waals surface area contributed by atoms with Crippen molar-refractivity contribution in [2.75, 3.05) is 0 Å². The van der Waals surface area contributed by atoms with Gasteiger partial charge >= 0.3 is 0 Å². The molecule has 0 amide bonds. The van der Waals surface area contributed by atoms with Gasteiger partial charge < -0.3 is 4.57 Å². The van der Waals surface area contributed by atoms with E-state index in [9.17, 15) is 0 Å². The van der Waals surface area contributed by atoms with Crippen LogP contribution in [0.2, 0.25) is 0 Å². The van der Waals surface area contributed by atoms with Crippen molar-refractivity contribution in [2.24, 2.45) is 0 Å². The first-order chi connectivity index (χ1) is 13.5. The van der Waals surface area contributed by atoms with E-state index in [0.717, 1.165) is 0 Å². The number of aromatic nitrogens is 1. The molecule has 1 aliphatic carbocycles. The molecule has 29 heavy (non-hydrogen) atoms. The summed E-state index contributed by atoms with van der Waals surface area (Å²) in [7, 11) is 0. The van der Waals surface area contributed by atoms with Crippen molar-refractivity contribution >= 4 is 32.6 Å². The average Bonchev–Trinajstić information content (AvgIpc) is 3.00. The summed E-state index contributed by atoms with van der Waals surface area (Å²) in [6, 6.07) is 18.4. The first-order valence-corrected chi connectivity index (χ1v) is 11.0. The monoisotopic (exact) mass is 383 g/mol. The van der Waals surface area contributed by atoms with Gasteiger partial charge in [0.1, 0.15) is 0 Å². The smallest absolute Gasteiger partial charge is 0.0576 e. The number of hydrogen-bond acceptors (Lipinski definition) is 0. The Kier molecular flexibility index (Phi) is 3.65. The summed E-state index contributed by atoms with van der Waals surface area (Å²) in [4.78, 5) is 0. The summed E-state index contributed by atoms with van der Waals surface area (Å²) in [6.07, 6.45) is 2.49. The fourth-order valence-corrected chi connectivity index (χ4v) is 5.72. The van der Waals surface area contributed by atoms with Crippen molar-refractivity contribution in [1.82, 2.24) is 4.57 Å². The van der Waals surface area contributed by atoms with Crippen molar-refractivity contribution in [1.29, 1.82) is 0 Å². The highest BCUT2D eigenvalue weighted by Gasteiger charge is 2.39. The highest BCUT2D eigenvalue weighted by molar-refractivity contribution is 6.19. The first-order valence-electron chi connectivity index (χ1n) is 11.0. The molecule has 0 fully saturated rings. The second kappa shape index (κ2) is 5.65. The van der Waals surface area contributed by atoms with Crippen LogP contribution in [0.4, 0.5) is 0 Å². The molecule has 1 heteroatoms. The van der Waals surface area contributed by atoms with Gasteiger partial charge in [0, 0.05) is 27.2 Å². The Labute approximate surface area is 174 Å². The standard InChI is InChI=1S/C28H33N/c1-26(2,3)29-22-15-14-21-24(28(6,7)17-16-27(21,4)5)23(22)20-13-12-18-10-8-9-11-19(18)25(20)29/h8-15H,16-17H2,1-7H3. The van der Waals surface area contributed by atoms with Crippen LogP contribution in [0.15, 0.2) is 48.5 Å². The molecule has 1 aromatic heterocycles. The predicted molar refractivity (Wildman–Crippen MR) is 127 cm³/mol. The summed E-state index contributed by atoms with van der Waals surface area (Å²) in [6.45, 7) is 16.7. The fourth-order valence-electron chi connectivity index (χ4n) is 5.72. The molecule has 3 aromatic carbocycles. The second-order valence-corrected chi connectivity index (χ2v) is 11.3. The van der Waals surface area contributed by atoms with E-state index in [1.54, 1.807) is 11.1 Å². The Hall–Kier alpha value is -2.28. The quantitative estimate of drug-likeness (QED) is 0.289. The molecule has 1 aliphatic rings. The van der Waals surface area contributed by atoms with Gasteiger partial charge in [-0.05, 0) is 67.0 Å². The van der Waals surface area contributed by atoms with Gasteiger partial charge in [-0.15, -0.1) is 0 Å². The summed E-state index contributed by atoms with van der Waals surface area (Å²) >= 11 is 0. The van der Waals surface area contributed by atoms with E-state index in [1.807, 2.05) is 0 Å². The Morgan fingerprint density at radius 3 is 2.17 bits per heavy atom. The predicted octanol–water partition coefficient (Wildman–Crippen LogP) is 8.05. The number of rotatable bonds is 0. The van der Waals surface area contributed by atoms with Gasteiger partial charge in [-0.2, -0.15) is 0 Å². The van der Waals surface area contributed by atoms with Crippen molar-refractivity contribution in [3.05, 3.63) is 59.7 Å². The van der Waals surface area contributed by atoms with Crippen molar-refractivity contribution in [2.45, 2.75) is 77.7 Å². The molecular formula is C28H33N. The topological polar surface area (TPSA) is 4.93 Å². The molecule has 0 spiro atoms. The maximum absolute atomic E-state index is 2.60. The lowest BCUT2D eigenvalue weighted by atomic mass is 9.62. The first kappa shape index (κ1) is 18.7. The third-order valence-electron chi connectivity index (χ3n) is 7.27. The van der Waals surface area contributed by atoms with Crippen LogP contribution in [-0.2, 0) is 16.4 Å². The van der Waals surface area contributed by atoms with Crippen LogP contribution in [0.1, 0.15) is 72.4 Å². The molecule has 1 heterocycles. The molecule has 5 rings (SSSR count). The molecule has 0 radical (unpaired) electrons. The number of benzene rings is 3. The largest absolute Gasteiger partial charge is 0.335 e. The van der Waals surface area contributed by atoms with Gasteiger partial charge in [0.2, 0.25) is 0 Å². The maximum Gasteiger partial charge on any atom is 0.0576 e. The zero-order valence-corrected chi connectivity index (χ0v) is 19.0. The second-order valence-electron chi connectivity index (χ2n) is 11.3. The lowest BCUT2D eigenvalue weighted by Crippen LogP contribution is -2.34. The zero-order valence-electron chi connectivity index (χ0n) is 19.0. The molecule has 1 nitrogen and oxygen atoms in total. The van der Waals surface area contributed by atoms with E-state index < -0.39 is 0 Å². The van der Waals surface area contributed by atoms with E-state index in [0.29, 0.717) is 0 Å². The molecule has 0 saturated carbocycles. The summed E-state index contributed by atoms with van der Waals surface area (Å²) in [5.74, 6) is 0. The minimum Gasteiger partial charge on any atom is -0.335 e. The third-order valence-corrected chi connectivity index (χ3v) is 7.27. The van der Waals surface area contributed by atoms with E-state index in [2.05, 4.69) is 102 Å². The molecule has 0 saturated heterocycles. The van der Waals surface area contributed by atoms with E-state index in [4.69, 9.17) is 0 Å². The summed E-state index contributed by atoms with van der Waals surface area (Å²) in [5.41, 5.74) is 6.31. The van der Waals surface area contributed by atoms with Crippen LogP contribution in [0, 0.1) is 0 Å². The third kappa shape index (κ3) is 2.52. The molecule has 150 valence electrons. The number of nitrogens with zero attached hydrogens (tertiary/aromatic N) is 1. The fraction of sp³-hybridized carbons (Fsp3) is 0.429. The van der Waals surface area contributed by atoms with Crippen LogP contribution < -0.4 is 0 Å². The molecule has 0 atom stereocenters. The molecule has 0 unspecified atom stereocenters. The lowest BCUT2D eigenvalue weighted by Gasteiger charge is -2.42. The lowest BCUT2D eigenvalue weighted by molar-refractivity contribution is 0.334. The van der Waals surface area contributed by atoms with E-state index >= 15 is 0 Å². The van der Waals surface area contributed by atoms with Crippen LogP contribution in [0.25, 0.3) is 32.6 Å². The summed E-state index contributed by atoms with van der Waals surface area (Å²) < 4.78 is 2.60. The Bertz CT molecular complexity index is 1270. The molecule has 0 aliphatic heterocycles. The normalized spacial score (nSPS) is 18.4. The van der Waals surface area contributed by atoms with Gasteiger partial charge in [0.05, 0.1) is 5.52 Å². The molecule has 0 bridgehead atoms. The van der Waals surface area contributed by atoms with E-state index in [-0.39, 0.29) is 16.4 Å². The SMILES string of the molecule is CC1(C)CCC(C)(C)c2c1ccc1c2c2ccc3ccccc3c2n1C(C)(C)C. The minimum atomic E-state index is 0.00664. The van der Waals surface area contributed by atoms with Crippen LogP contribution in [0.3, 0.4) is 0 Å². The number of fused-ring (bicyclic) bond motifs is 7. The van der Waals surface area contributed by atoms with Gasteiger partial charge in [-0.1, -0.05) is 70.2 Å². The van der Waals surface area contributed by atoms with Gasteiger partial charge in [0.25, 0.3) is 0 Å². The van der Waals surface area contributed by atoms with E-state index in [1.165, 1.54) is 45.4 Å². The average molecular weight is 384 g/mol. The van der Waals surface area contributed by atoms with Crippen LogP contribution >= 0.6 is 0 Å². The van der Waals surface area contributed by atoms with Crippen LogP contribution in [-0.4, -0.2) is 4.57 Å². The van der Waals surface area contributed by atoms with Gasteiger partial charge in [0.15, 0.2) is 0 Å². The highest BCUT2D eigenvalue weighted by Crippen LogP contribution is 2.51. The minimum absolute atomic E-state index is 0.00664. The number of hydrogen-bond donors (Lipinski definition) is 0. The van der Waals surface area contributed by atoms with Crippen molar-refractivity contribution in [3.8, 4) is 0 Å². The Morgan fingerprint density at radius 2 is 1.45 bits per heavy atom. The van der Waals surface area contributed by atoms with Gasteiger partial charge in [-0.3, -0.25) is 0 Å².